The molecule has 0 radical (unpaired) electrons. The molecule has 0 saturated carbocycles. The first-order valence-electron chi connectivity index (χ1n) is 5.45. The third kappa shape index (κ3) is 1.52. The van der Waals surface area contributed by atoms with Crippen molar-refractivity contribution in [3.05, 3.63) is 29.3 Å². The molecule has 1 fully saturated rings. The van der Waals surface area contributed by atoms with Gasteiger partial charge in [-0.3, -0.25) is 9.59 Å². The number of hydrogen-bond donors (Lipinski definition) is 0. The fourth-order valence-electron chi connectivity index (χ4n) is 2.18. The van der Waals surface area contributed by atoms with E-state index < -0.39 is 0 Å². The smallest absolute Gasteiger partial charge is 0.237 e. The van der Waals surface area contributed by atoms with Crippen molar-refractivity contribution >= 4 is 17.5 Å². The number of hydrogen-bond acceptors (Lipinski definition) is 2. The van der Waals surface area contributed by atoms with Gasteiger partial charge < -0.3 is 0 Å². The molecule has 3 heteroatoms. The van der Waals surface area contributed by atoms with E-state index in [1.807, 2.05) is 32.0 Å². The van der Waals surface area contributed by atoms with Gasteiger partial charge in [-0.15, -0.1) is 0 Å². The monoisotopic (exact) mass is 217 g/mol. The average molecular weight is 217 g/mol. The van der Waals surface area contributed by atoms with Gasteiger partial charge in [-0.1, -0.05) is 25.1 Å². The Morgan fingerprint density at radius 2 is 1.75 bits per heavy atom. The first-order chi connectivity index (χ1) is 7.52. The summed E-state index contributed by atoms with van der Waals surface area (Å²) in [6.07, 6.45) is 0.326. The zero-order valence-corrected chi connectivity index (χ0v) is 9.78. The van der Waals surface area contributed by atoms with Crippen LogP contribution in [0.1, 0.15) is 24.5 Å². The van der Waals surface area contributed by atoms with E-state index in [0.717, 1.165) is 16.8 Å². The van der Waals surface area contributed by atoms with Gasteiger partial charge in [0.1, 0.15) is 0 Å². The van der Waals surface area contributed by atoms with Gasteiger partial charge in [0.2, 0.25) is 11.8 Å². The molecule has 1 atom stereocenters. The van der Waals surface area contributed by atoms with Gasteiger partial charge in [0, 0.05) is 12.3 Å². The molecule has 0 N–H and O–H groups in total. The molecule has 0 bridgehead atoms. The van der Waals surface area contributed by atoms with E-state index in [4.69, 9.17) is 0 Å². The minimum Gasteiger partial charge on any atom is -0.274 e. The summed E-state index contributed by atoms with van der Waals surface area (Å²) in [4.78, 5) is 25.1. The van der Waals surface area contributed by atoms with Crippen LogP contribution in [0.4, 0.5) is 5.69 Å². The molecular weight excluding hydrogens is 202 g/mol. The van der Waals surface area contributed by atoms with E-state index in [0.29, 0.717) is 6.42 Å². The minimum absolute atomic E-state index is 0.0811. The molecule has 3 nitrogen and oxygen atoms in total. The van der Waals surface area contributed by atoms with Crippen molar-refractivity contribution in [1.29, 1.82) is 0 Å². The van der Waals surface area contributed by atoms with Gasteiger partial charge in [-0.05, 0) is 25.0 Å². The normalized spacial score (nSPS) is 20.7. The average Bonchev–Trinajstić information content (AvgIpc) is 2.44. The van der Waals surface area contributed by atoms with Crippen LogP contribution in [-0.2, 0) is 9.59 Å². The third-order valence-electron chi connectivity index (χ3n) is 3.04. The Bertz CT molecular complexity index is 445. The van der Waals surface area contributed by atoms with Crippen LogP contribution in [0, 0.1) is 19.8 Å². The molecule has 1 heterocycles. The summed E-state index contributed by atoms with van der Waals surface area (Å²) >= 11 is 0. The predicted octanol–water partition coefficient (Wildman–Crippen LogP) is 2.20. The lowest BCUT2D eigenvalue weighted by molar-refractivity contribution is -0.122. The number of benzene rings is 1. The number of aryl methyl sites for hydroxylation is 2. The van der Waals surface area contributed by atoms with Gasteiger partial charge in [0.05, 0.1) is 5.69 Å². The first-order valence-corrected chi connectivity index (χ1v) is 5.45. The second kappa shape index (κ2) is 3.74. The Hall–Kier alpha value is -1.64. The highest BCUT2D eigenvalue weighted by Gasteiger charge is 2.37. The largest absolute Gasteiger partial charge is 0.274 e. The van der Waals surface area contributed by atoms with E-state index in [1.54, 1.807) is 6.92 Å². The Morgan fingerprint density at radius 3 is 2.19 bits per heavy atom. The van der Waals surface area contributed by atoms with Gasteiger partial charge in [0.25, 0.3) is 0 Å². The number of nitrogens with zero attached hydrogens (tertiary/aromatic N) is 1. The van der Waals surface area contributed by atoms with E-state index in [1.165, 1.54) is 4.90 Å². The van der Waals surface area contributed by atoms with Crippen LogP contribution in [0.15, 0.2) is 18.2 Å². The zero-order valence-electron chi connectivity index (χ0n) is 9.78. The van der Waals surface area contributed by atoms with Gasteiger partial charge in [0.15, 0.2) is 0 Å². The highest BCUT2D eigenvalue weighted by atomic mass is 16.2. The van der Waals surface area contributed by atoms with Crippen LogP contribution >= 0.6 is 0 Å². The van der Waals surface area contributed by atoms with Crippen LogP contribution < -0.4 is 4.90 Å². The molecule has 1 aliphatic rings. The number of para-hydroxylation sites is 1. The van der Waals surface area contributed by atoms with Crippen LogP contribution in [-0.4, -0.2) is 11.8 Å². The molecular formula is C13H15NO2. The van der Waals surface area contributed by atoms with Crippen LogP contribution in [0.25, 0.3) is 0 Å². The summed E-state index contributed by atoms with van der Waals surface area (Å²) in [7, 11) is 0. The topological polar surface area (TPSA) is 37.4 Å². The van der Waals surface area contributed by atoms with Gasteiger partial charge in [-0.25, -0.2) is 4.90 Å². The lowest BCUT2D eigenvalue weighted by atomic mass is 10.1. The molecule has 1 unspecified atom stereocenters. The van der Waals surface area contributed by atoms with Crippen LogP contribution in [0.2, 0.25) is 0 Å². The Kier molecular flexibility index (Phi) is 2.54. The standard InChI is InChI=1S/C13H15NO2/c1-8-5-4-6-9(2)12(8)14-11(15)7-10(3)13(14)16/h4-6,10H,7H2,1-3H3. The summed E-state index contributed by atoms with van der Waals surface area (Å²) in [6, 6.07) is 5.78. The molecule has 1 aliphatic heterocycles. The number of imide groups is 1. The number of carbonyl (C=O) groups excluding carboxylic acids is 2. The predicted molar refractivity (Wildman–Crippen MR) is 62.2 cm³/mol. The number of carbonyl (C=O) groups is 2. The summed E-state index contributed by atoms with van der Waals surface area (Å²) in [5, 5.41) is 0. The lowest BCUT2D eigenvalue weighted by Gasteiger charge is -2.19. The molecule has 2 rings (SSSR count). The summed E-state index contributed by atoms with van der Waals surface area (Å²) in [5.74, 6) is -0.358. The van der Waals surface area contributed by atoms with E-state index in [-0.39, 0.29) is 17.7 Å². The lowest BCUT2D eigenvalue weighted by Crippen LogP contribution is -2.31. The molecule has 2 amide bonds. The molecule has 0 spiro atoms. The van der Waals surface area contributed by atoms with Gasteiger partial charge in [-0.2, -0.15) is 0 Å². The van der Waals surface area contributed by atoms with E-state index in [2.05, 4.69) is 0 Å². The first kappa shape index (κ1) is 10.9. The Morgan fingerprint density at radius 1 is 1.19 bits per heavy atom. The van der Waals surface area contributed by atoms with Crippen molar-refractivity contribution in [3.8, 4) is 0 Å². The molecule has 1 saturated heterocycles. The highest BCUT2D eigenvalue weighted by Crippen LogP contribution is 2.31. The molecule has 16 heavy (non-hydrogen) atoms. The second-order valence-corrected chi connectivity index (χ2v) is 4.41. The SMILES string of the molecule is Cc1cccc(C)c1N1C(=O)CC(C)C1=O. The molecule has 1 aromatic carbocycles. The van der Waals surface area contributed by atoms with Crippen molar-refractivity contribution in [2.45, 2.75) is 27.2 Å². The summed E-state index contributed by atoms with van der Waals surface area (Å²) < 4.78 is 0. The number of amides is 2. The highest BCUT2D eigenvalue weighted by molar-refractivity contribution is 6.21. The van der Waals surface area contributed by atoms with Crippen molar-refractivity contribution < 1.29 is 9.59 Å². The Labute approximate surface area is 95.1 Å². The van der Waals surface area contributed by atoms with Crippen molar-refractivity contribution in [2.75, 3.05) is 4.90 Å². The molecule has 84 valence electrons. The molecule has 1 aromatic rings. The Balaban J connectivity index is 2.53. The van der Waals surface area contributed by atoms with Gasteiger partial charge >= 0.3 is 0 Å². The zero-order chi connectivity index (χ0) is 11.9. The third-order valence-corrected chi connectivity index (χ3v) is 3.04. The molecule has 0 aromatic heterocycles. The van der Waals surface area contributed by atoms with E-state index in [9.17, 15) is 9.59 Å². The summed E-state index contributed by atoms with van der Waals surface area (Å²) in [6.45, 7) is 5.64. The minimum atomic E-state index is -0.188. The number of rotatable bonds is 1. The number of anilines is 1. The maximum absolute atomic E-state index is 11.9. The fraction of sp³-hybridized carbons (Fsp3) is 0.385. The maximum Gasteiger partial charge on any atom is 0.237 e. The fourth-order valence-corrected chi connectivity index (χ4v) is 2.18. The maximum atomic E-state index is 11.9. The van der Waals surface area contributed by atoms with Crippen molar-refractivity contribution in [1.82, 2.24) is 0 Å². The van der Waals surface area contributed by atoms with Crippen molar-refractivity contribution in [2.24, 2.45) is 5.92 Å². The summed E-state index contributed by atoms with van der Waals surface area (Å²) in [5.41, 5.74) is 2.70. The second-order valence-electron chi connectivity index (χ2n) is 4.41. The van der Waals surface area contributed by atoms with Crippen molar-refractivity contribution in [3.63, 3.8) is 0 Å². The quantitative estimate of drug-likeness (QED) is 0.676. The van der Waals surface area contributed by atoms with E-state index >= 15 is 0 Å². The van der Waals surface area contributed by atoms with Crippen LogP contribution in [0.5, 0.6) is 0 Å². The molecule has 0 aliphatic carbocycles. The van der Waals surface area contributed by atoms with Crippen LogP contribution in [0.3, 0.4) is 0 Å².